The molecule has 1 heterocycles. The number of anilines is 1. The second-order valence-electron chi connectivity index (χ2n) is 8.30. The maximum absolute atomic E-state index is 14.1. The number of amides is 2. The van der Waals surface area contributed by atoms with Crippen molar-refractivity contribution in [2.75, 3.05) is 31.5 Å². The zero-order chi connectivity index (χ0) is 21.8. The highest BCUT2D eigenvalue weighted by atomic mass is 19.1. The Balaban J connectivity index is 1.44. The van der Waals surface area contributed by atoms with Crippen LogP contribution in [-0.4, -0.2) is 53.8 Å². The first-order chi connectivity index (χ1) is 15.0. The van der Waals surface area contributed by atoms with Crippen LogP contribution in [0.25, 0.3) is 0 Å². The van der Waals surface area contributed by atoms with Crippen molar-refractivity contribution in [2.24, 2.45) is 5.92 Å². The molecule has 0 bridgehead atoms. The van der Waals surface area contributed by atoms with Crippen molar-refractivity contribution in [1.29, 1.82) is 0 Å². The molecule has 1 N–H and O–H groups in total. The molecule has 0 radical (unpaired) electrons. The Hall–Kier alpha value is -2.80. The summed E-state index contributed by atoms with van der Waals surface area (Å²) >= 11 is 0. The quantitative estimate of drug-likeness (QED) is 0.787. The number of carbonyl (C=O) groups is 2. The molecule has 0 aromatic heterocycles. The lowest BCUT2D eigenvalue weighted by atomic mass is 9.94. The molecule has 0 spiro atoms. The van der Waals surface area contributed by atoms with Crippen LogP contribution in [0.2, 0.25) is 0 Å². The summed E-state index contributed by atoms with van der Waals surface area (Å²) in [7, 11) is 0. The third kappa shape index (κ3) is 4.93. The zero-order valence-electron chi connectivity index (χ0n) is 17.4. The molecule has 5 nitrogen and oxygen atoms in total. The molecule has 2 aromatic rings. The minimum atomic E-state index is -0.781. The smallest absolute Gasteiger partial charge is 0.253 e. The second-order valence-corrected chi connectivity index (χ2v) is 8.30. The minimum absolute atomic E-state index is 0.00417. The van der Waals surface area contributed by atoms with Gasteiger partial charge < -0.3 is 10.2 Å². The van der Waals surface area contributed by atoms with Crippen molar-refractivity contribution in [2.45, 2.75) is 31.7 Å². The fraction of sp³-hybridized carbons (Fsp3) is 0.417. The SMILES string of the molecule is O=C(Nc1ccc(F)cc1F)C(C1CCCC1)N1CCN(C(=O)c2ccccc2)CC1. The van der Waals surface area contributed by atoms with Gasteiger partial charge in [-0.15, -0.1) is 0 Å². The summed E-state index contributed by atoms with van der Waals surface area (Å²) < 4.78 is 27.3. The molecule has 2 amide bonds. The topological polar surface area (TPSA) is 52.7 Å². The number of nitrogens with zero attached hydrogens (tertiary/aromatic N) is 2. The van der Waals surface area contributed by atoms with Crippen molar-refractivity contribution >= 4 is 17.5 Å². The summed E-state index contributed by atoms with van der Waals surface area (Å²) in [5.74, 6) is -1.53. The zero-order valence-corrected chi connectivity index (χ0v) is 17.4. The molecule has 7 heteroatoms. The van der Waals surface area contributed by atoms with E-state index in [1.165, 1.54) is 6.07 Å². The summed E-state index contributed by atoms with van der Waals surface area (Å²) in [5.41, 5.74) is 0.653. The first kappa shape index (κ1) is 21.4. The Morgan fingerprint density at radius 2 is 1.61 bits per heavy atom. The summed E-state index contributed by atoms with van der Waals surface area (Å²) in [6.45, 7) is 2.24. The Bertz CT molecular complexity index is 924. The summed E-state index contributed by atoms with van der Waals surface area (Å²) in [6, 6.07) is 12.0. The maximum atomic E-state index is 14.1. The molecular weight excluding hydrogens is 400 g/mol. The highest BCUT2D eigenvalue weighted by molar-refractivity contribution is 5.95. The van der Waals surface area contributed by atoms with E-state index in [0.717, 1.165) is 37.8 Å². The molecule has 2 aliphatic rings. The highest BCUT2D eigenvalue weighted by Gasteiger charge is 2.37. The van der Waals surface area contributed by atoms with Crippen LogP contribution < -0.4 is 5.32 Å². The third-order valence-corrected chi connectivity index (χ3v) is 6.32. The number of carbonyl (C=O) groups excluding carboxylic acids is 2. The van der Waals surface area contributed by atoms with E-state index in [2.05, 4.69) is 10.2 Å². The van der Waals surface area contributed by atoms with Gasteiger partial charge in [0.05, 0.1) is 11.7 Å². The van der Waals surface area contributed by atoms with Crippen LogP contribution in [-0.2, 0) is 4.79 Å². The molecule has 2 fully saturated rings. The van der Waals surface area contributed by atoms with E-state index in [-0.39, 0.29) is 29.5 Å². The van der Waals surface area contributed by atoms with Gasteiger partial charge >= 0.3 is 0 Å². The van der Waals surface area contributed by atoms with Crippen LogP contribution in [0.15, 0.2) is 48.5 Å². The van der Waals surface area contributed by atoms with Gasteiger partial charge in [0, 0.05) is 37.8 Å². The number of hydrogen-bond donors (Lipinski definition) is 1. The van der Waals surface area contributed by atoms with Crippen molar-refractivity contribution in [1.82, 2.24) is 9.80 Å². The Labute approximate surface area is 181 Å². The molecule has 164 valence electrons. The lowest BCUT2D eigenvalue weighted by Crippen LogP contribution is -2.57. The van der Waals surface area contributed by atoms with Crippen molar-refractivity contribution in [3.63, 3.8) is 0 Å². The fourth-order valence-corrected chi connectivity index (χ4v) is 4.72. The summed E-state index contributed by atoms with van der Waals surface area (Å²) in [6.07, 6.45) is 4.05. The van der Waals surface area contributed by atoms with E-state index in [1.807, 2.05) is 23.1 Å². The van der Waals surface area contributed by atoms with Crippen molar-refractivity contribution in [3.05, 3.63) is 65.7 Å². The number of hydrogen-bond acceptors (Lipinski definition) is 3. The van der Waals surface area contributed by atoms with Crippen LogP contribution in [0.1, 0.15) is 36.0 Å². The minimum Gasteiger partial charge on any atom is -0.336 e. The molecule has 31 heavy (non-hydrogen) atoms. The Morgan fingerprint density at radius 3 is 2.26 bits per heavy atom. The largest absolute Gasteiger partial charge is 0.336 e. The Kier molecular flexibility index (Phi) is 6.61. The normalized spacial score (nSPS) is 18.7. The molecule has 1 aliphatic carbocycles. The predicted octanol–water partition coefficient (Wildman–Crippen LogP) is 3.92. The number of nitrogens with one attached hydrogen (secondary N) is 1. The van der Waals surface area contributed by atoms with Gasteiger partial charge in [0.2, 0.25) is 5.91 Å². The van der Waals surface area contributed by atoms with Gasteiger partial charge in [0.1, 0.15) is 11.6 Å². The molecule has 2 aromatic carbocycles. The lowest BCUT2D eigenvalue weighted by Gasteiger charge is -2.40. The summed E-state index contributed by atoms with van der Waals surface area (Å²) in [4.78, 5) is 29.8. The van der Waals surface area contributed by atoms with E-state index in [0.29, 0.717) is 31.7 Å². The van der Waals surface area contributed by atoms with Crippen LogP contribution in [0, 0.1) is 17.6 Å². The van der Waals surface area contributed by atoms with Crippen LogP contribution >= 0.6 is 0 Å². The maximum Gasteiger partial charge on any atom is 0.253 e. The van der Waals surface area contributed by atoms with E-state index in [9.17, 15) is 18.4 Å². The van der Waals surface area contributed by atoms with Crippen LogP contribution in [0.5, 0.6) is 0 Å². The van der Waals surface area contributed by atoms with E-state index in [4.69, 9.17) is 0 Å². The fourth-order valence-electron chi connectivity index (χ4n) is 4.72. The first-order valence-electron chi connectivity index (χ1n) is 10.9. The van der Waals surface area contributed by atoms with Gasteiger partial charge in [-0.1, -0.05) is 31.0 Å². The summed E-state index contributed by atoms with van der Waals surface area (Å²) in [5, 5.41) is 2.67. The second kappa shape index (κ2) is 9.56. The average molecular weight is 427 g/mol. The number of halogens is 2. The Morgan fingerprint density at radius 1 is 0.935 bits per heavy atom. The standard InChI is InChI=1S/C24H27F2N3O2/c25-19-10-11-21(20(26)16-19)27-23(30)22(17-6-4-5-7-17)28-12-14-29(15-13-28)24(31)18-8-2-1-3-9-18/h1-3,8-11,16-17,22H,4-7,12-15H2,(H,27,30). The average Bonchev–Trinajstić information content (AvgIpc) is 3.31. The highest BCUT2D eigenvalue weighted by Crippen LogP contribution is 2.32. The molecule has 1 saturated carbocycles. The van der Waals surface area contributed by atoms with Crippen LogP contribution in [0.4, 0.5) is 14.5 Å². The molecule has 1 saturated heterocycles. The van der Waals surface area contributed by atoms with E-state index >= 15 is 0 Å². The van der Waals surface area contributed by atoms with Crippen molar-refractivity contribution in [3.8, 4) is 0 Å². The molecule has 1 aliphatic heterocycles. The van der Waals surface area contributed by atoms with Gasteiger partial charge in [0.15, 0.2) is 0 Å². The number of rotatable bonds is 5. The first-order valence-corrected chi connectivity index (χ1v) is 10.9. The van der Waals surface area contributed by atoms with Gasteiger partial charge in [-0.25, -0.2) is 8.78 Å². The van der Waals surface area contributed by atoms with E-state index in [1.54, 1.807) is 12.1 Å². The number of benzene rings is 2. The van der Waals surface area contributed by atoms with Gasteiger partial charge in [-0.2, -0.15) is 0 Å². The molecule has 4 rings (SSSR count). The monoisotopic (exact) mass is 427 g/mol. The molecule has 1 atom stereocenters. The van der Waals surface area contributed by atoms with Gasteiger partial charge in [-0.05, 0) is 43.0 Å². The molecular formula is C24H27F2N3O2. The molecule has 1 unspecified atom stereocenters. The predicted molar refractivity (Wildman–Crippen MR) is 115 cm³/mol. The van der Waals surface area contributed by atoms with Crippen LogP contribution in [0.3, 0.4) is 0 Å². The third-order valence-electron chi connectivity index (χ3n) is 6.32. The number of piperazine rings is 1. The van der Waals surface area contributed by atoms with Gasteiger partial charge in [-0.3, -0.25) is 14.5 Å². The lowest BCUT2D eigenvalue weighted by molar-refractivity contribution is -0.124. The van der Waals surface area contributed by atoms with Gasteiger partial charge in [0.25, 0.3) is 5.91 Å². The van der Waals surface area contributed by atoms with Crippen molar-refractivity contribution < 1.29 is 18.4 Å². The van der Waals surface area contributed by atoms with E-state index < -0.39 is 11.6 Å².